The van der Waals surface area contributed by atoms with E-state index in [9.17, 15) is 18.0 Å². The van der Waals surface area contributed by atoms with E-state index in [0.717, 1.165) is 30.3 Å². The summed E-state index contributed by atoms with van der Waals surface area (Å²) in [5.74, 6) is -2.20. The third kappa shape index (κ3) is 6.49. The zero-order chi connectivity index (χ0) is 30.8. The van der Waals surface area contributed by atoms with Crippen LogP contribution in [0.2, 0.25) is 5.02 Å². The molecule has 2 aliphatic rings. The molecular weight excluding hydrogens is 569 g/mol. The second-order valence-corrected chi connectivity index (χ2v) is 12.0. The van der Waals surface area contributed by atoms with Gasteiger partial charge in [-0.3, -0.25) is 9.59 Å². The van der Waals surface area contributed by atoms with E-state index in [1.165, 1.54) is 18.2 Å². The maximum absolute atomic E-state index is 14.9. The molecule has 5 rings (SSSR count). The highest BCUT2D eigenvalue weighted by Crippen LogP contribution is 2.49. The highest BCUT2D eigenvalue weighted by Gasteiger charge is 2.49. The van der Waals surface area contributed by atoms with E-state index >= 15 is 0 Å². The third-order valence-corrected chi connectivity index (χ3v) is 9.09. The van der Waals surface area contributed by atoms with Crippen LogP contribution in [-0.2, 0) is 9.59 Å². The van der Waals surface area contributed by atoms with Crippen LogP contribution < -0.4 is 0 Å². The summed E-state index contributed by atoms with van der Waals surface area (Å²) in [7, 11) is 3.96. The van der Waals surface area contributed by atoms with Crippen LogP contribution in [-0.4, -0.2) is 69.8 Å². The Morgan fingerprint density at radius 3 is 2.33 bits per heavy atom. The number of rotatable bonds is 5. The molecule has 2 fully saturated rings. The molecule has 7 nitrogen and oxygen atoms in total. The average molecular weight is 605 g/mol. The predicted octanol–water partition coefficient (Wildman–Crippen LogP) is 6.17. The molecule has 1 aliphatic heterocycles. The fraction of sp³-hybridized carbons (Fsp3) is 0.452. The molecule has 3 atom stereocenters. The van der Waals surface area contributed by atoms with E-state index in [4.69, 9.17) is 21.5 Å². The first-order valence-electron chi connectivity index (χ1n) is 13.9. The van der Waals surface area contributed by atoms with Gasteiger partial charge in [0.2, 0.25) is 5.91 Å². The number of aromatic nitrogens is 2. The number of nitrogens with zero attached hydrogens (tertiary/aromatic N) is 4. The Morgan fingerprint density at radius 1 is 1.07 bits per heavy atom. The van der Waals surface area contributed by atoms with E-state index in [1.54, 1.807) is 12.1 Å². The van der Waals surface area contributed by atoms with Crippen LogP contribution >= 0.6 is 11.6 Å². The van der Waals surface area contributed by atoms with Gasteiger partial charge >= 0.3 is 0 Å². The predicted molar refractivity (Wildman–Crippen MR) is 154 cm³/mol. The maximum atomic E-state index is 14.9. The maximum Gasteiger partial charge on any atom is 0.290 e. The van der Waals surface area contributed by atoms with E-state index in [-0.39, 0.29) is 40.7 Å². The summed E-state index contributed by atoms with van der Waals surface area (Å²) in [5, 5.41) is 11.6. The number of hydrogen-bond acceptors (Lipinski definition) is 4. The second-order valence-electron chi connectivity index (χ2n) is 11.6. The molecule has 1 aliphatic carbocycles. The second kappa shape index (κ2) is 12.9. The Kier molecular flexibility index (Phi) is 9.67. The Labute approximate surface area is 248 Å². The van der Waals surface area contributed by atoms with Gasteiger partial charge in [-0.1, -0.05) is 17.7 Å². The Morgan fingerprint density at radius 2 is 1.74 bits per heavy atom. The molecule has 0 radical (unpaired) electrons. The van der Waals surface area contributed by atoms with Crippen molar-refractivity contribution in [2.24, 2.45) is 5.92 Å². The first kappa shape index (κ1) is 31.6. The van der Waals surface area contributed by atoms with Gasteiger partial charge < -0.3 is 14.9 Å². The zero-order valence-corrected chi connectivity index (χ0v) is 24.9. The zero-order valence-electron chi connectivity index (χ0n) is 24.2. The van der Waals surface area contributed by atoms with Crippen LogP contribution in [0, 0.1) is 30.3 Å². The van der Waals surface area contributed by atoms with Crippen molar-refractivity contribution in [2.75, 3.05) is 27.2 Å². The van der Waals surface area contributed by atoms with Crippen molar-refractivity contribution >= 4 is 24.0 Å². The summed E-state index contributed by atoms with van der Waals surface area (Å²) < 4.78 is 44.1. The molecule has 1 N–H and O–H groups in total. The molecule has 0 bridgehead atoms. The van der Waals surface area contributed by atoms with Gasteiger partial charge in [-0.15, -0.1) is 0 Å². The summed E-state index contributed by atoms with van der Waals surface area (Å²) >= 11 is 6.03. The number of carbonyl (C=O) groups excluding carboxylic acids is 1. The van der Waals surface area contributed by atoms with Gasteiger partial charge in [-0.05, 0) is 89.5 Å². The number of piperidine rings is 1. The fourth-order valence-electron chi connectivity index (χ4n) is 6.33. The van der Waals surface area contributed by atoms with Crippen molar-refractivity contribution in [3.05, 3.63) is 81.9 Å². The van der Waals surface area contributed by atoms with Crippen molar-refractivity contribution in [1.82, 2.24) is 19.6 Å². The van der Waals surface area contributed by atoms with Crippen LogP contribution in [0.1, 0.15) is 61.4 Å². The first-order chi connectivity index (χ1) is 19.9. The van der Waals surface area contributed by atoms with Gasteiger partial charge in [0.25, 0.3) is 6.47 Å². The van der Waals surface area contributed by atoms with Crippen LogP contribution in [0.15, 0.2) is 42.5 Å². The molecule has 1 aromatic heterocycles. The van der Waals surface area contributed by atoms with Crippen molar-refractivity contribution in [3.8, 4) is 5.69 Å². The topological polar surface area (TPSA) is 78.7 Å². The number of benzene rings is 2. The molecule has 1 saturated heterocycles. The third-order valence-electron chi connectivity index (χ3n) is 8.80. The molecule has 11 heteroatoms. The summed E-state index contributed by atoms with van der Waals surface area (Å²) in [6.45, 7) is 4.92. The minimum atomic E-state index is -0.619. The van der Waals surface area contributed by atoms with E-state index < -0.39 is 17.5 Å². The molecule has 0 spiro atoms. The van der Waals surface area contributed by atoms with Gasteiger partial charge in [0.1, 0.15) is 17.5 Å². The first-order valence-corrected chi connectivity index (χ1v) is 14.3. The van der Waals surface area contributed by atoms with E-state index in [1.807, 2.05) is 36.7 Å². The van der Waals surface area contributed by atoms with Crippen molar-refractivity contribution in [3.63, 3.8) is 0 Å². The Balaban J connectivity index is 0.00000129. The quantitative estimate of drug-likeness (QED) is 0.352. The lowest BCUT2D eigenvalue weighted by Crippen LogP contribution is -2.43. The van der Waals surface area contributed by atoms with Crippen molar-refractivity contribution < 1.29 is 27.9 Å². The summed E-state index contributed by atoms with van der Waals surface area (Å²) in [5.41, 5.74) is 2.69. The van der Waals surface area contributed by atoms with Gasteiger partial charge in [0, 0.05) is 48.1 Å². The smallest absolute Gasteiger partial charge is 0.290 e. The van der Waals surface area contributed by atoms with Crippen molar-refractivity contribution in [1.29, 1.82) is 0 Å². The summed E-state index contributed by atoms with van der Waals surface area (Å²) in [6.07, 6.45) is 2.73. The lowest BCUT2D eigenvalue weighted by atomic mass is 9.86. The van der Waals surface area contributed by atoms with E-state index in [2.05, 4.69) is 16.9 Å². The number of hydrogen-bond donors (Lipinski definition) is 1. The number of halogens is 4. The molecule has 42 heavy (non-hydrogen) atoms. The minimum Gasteiger partial charge on any atom is -0.483 e. The van der Waals surface area contributed by atoms with Gasteiger partial charge in [0.05, 0.1) is 16.4 Å². The molecular formula is C31H36ClF3N4O3. The highest BCUT2D eigenvalue weighted by atomic mass is 35.5. The van der Waals surface area contributed by atoms with Crippen LogP contribution in [0.3, 0.4) is 0 Å². The molecule has 0 unspecified atom stereocenters. The number of carboxylic acid groups (broad SMARTS) is 1. The summed E-state index contributed by atoms with van der Waals surface area (Å²) in [4.78, 5) is 26.3. The minimum absolute atomic E-state index is 0.0303. The number of likely N-dealkylation sites (tertiary alicyclic amines) is 1. The van der Waals surface area contributed by atoms with Crippen LogP contribution in [0.25, 0.3) is 5.69 Å². The van der Waals surface area contributed by atoms with Crippen molar-refractivity contribution in [2.45, 2.75) is 56.9 Å². The Hall–Kier alpha value is -3.37. The fourth-order valence-corrected chi connectivity index (χ4v) is 6.51. The molecule has 1 amide bonds. The summed E-state index contributed by atoms with van der Waals surface area (Å²) in [6, 6.07) is 10.3. The molecule has 1 saturated carbocycles. The molecule has 226 valence electrons. The highest BCUT2D eigenvalue weighted by molar-refractivity contribution is 6.30. The molecule has 2 heterocycles. The normalized spacial score (nSPS) is 22.6. The van der Waals surface area contributed by atoms with Gasteiger partial charge in [-0.2, -0.15) is 5.10 Å². The lowest BCUT2D eigenvalue weighted by molar-refractivity contribution is -0.137. The van der Waals surface area contributed by atoms with Crippen LogP contribution in [0.4, 0.5) is 13.2 Å². The lowest BCUT2D eigenvalue weighted by Gasteiger charge is -2.35. The SMILES string of the molecule is Cc1cc(C2CCN(C(=O)[C@@H]3C[C@@](C)(N(C)C)C[C@H]3c3ccc(F)cc3F)CC2)n(-c2ccc(F)c(Cl)c2)n1.O=CO. The number of amides is 1. The standard InChI is InChI=1S/C30H34ClF3N4O.CH2O2/c1-18-13-28(38(35-18)21-6-8-26(33)25(31)15-21)19-9-11-37(12-10-19)29(39)24-17-30(2,36(3)4)16-23(24)22-7-5-20(32)14-27(22)34;2-1-3/h5-8,13-15,19,23-24H,9-12,16-17H2,1-4H3;1H,(H,2,3)/t23-,24+,30-;/m0./s1. The number of carbonyl (C=O) groups is 2. The Bertz CT molecular complexity index is 1440. The largest absolute Gasteiger partial charge is 0.483 e. The van der Waals surface area contributed by atoms with E-state index in [0.29, 0.717) is 37.2 Å². The van der Waals surface area contributed by atoms with Crippen LogP contribution in [0.5, 0.6) is 0 Å². The average Bonchev–Trinajstić information content (AvgIpc) is 3.51. The monoisotopic (exact) mass is 604 g/mol. The molecule has 3 aromatic rings. The molecule has 2 aromatic carbocycles. The van der Waals surface area contributed by atoms with Gasteiger partial charge in [0.15, 0.2) is 0 Å². The number of aryl methyl sites for hydroxylation is 1. The van der Waals surface area contributed by atoms with Gasteiger partial charge in [-0.25, -0.2) is 17.9 Å².